The van der Waals surface area contributed by atoms with Crippen molar-refractivity contribution in [3.8, 4) is 11.5 Å². The molecule has 0 saturated heterocycles. The minimum Gasteiger partial charge on any atom is -0.540 e. The summed E-state index contributed by atoms with van der Waals surface area (Å²) >= 11 is 0. The third kappa shape index (κ3) is 7.69. The first-order valence-electron chi connectivity index (χ1n) is 11.3. The number of hydrazone groups is 1. The van der Waals surface area contributed by atoms with Gasteiger partial charge in [-0.05, 0) is 68.1 Å². The van der Waals surface area contributed by atoms with Crippen LogP contribution in [0.5, 0.6) is 11.5 Å². The molecule has 0 aliphatic heterocycles. The minimum atomic E-state index is -2.12. The van der Waals surface area contributed by atoms with Crippen LogP contribution >= 0.6 is 0 Å². The SMILES string of the molecule is COc1ccc(/C=C/C(C)=N/NC(=O)OC(C)(C)C)cc1O[Si](C(C)C)(C(C)C)C(C)C. The number of nitrogens with zero attached hydrogens (tertiary/aromatic N) is 1. The topological polar surface area (TPSA) is 69.2 Å². The molecule has 1 amide bonds. The van der Waals surface area contributed by atoms with Gasteiger partial charge in [0.15, 0.2) is 5.75 Å². The van der Waals surface area contributed by atoms with Gasteiger partial charge >= 0.3 is 6.09 Å². The zero-order chi connectivity index (χ0) is 24.7. The van der Waals surface area contributed by atoms with Crippen molar-refractivity contribution < 1.29 is 18.7 Å². The summed E-state index contributed by atoms with van der Waals surface area (Å²) in [5.74, 6) is 1.51. The lowest BCUT2D eigenvalue weighted by Gasteiger charge is -2.42. The molecule has 1 N–H and O–H groups in total. The van der Waals surface area contributed by atoms with Crippen molar-refractivity contribution in [3.63, 3.8) is 0 Å². The predicted octanol–water partition coefficient (Wildman–Crippen LogP) is 7.16. The van der Waals surface area contributed by atoms with Crippen LogP contribution in [0.2, 0.25) is 16.6 Å². The Morgan fingerprint density at radius 1 is 1.03 bits per heavy atom. The standard InChI is InChI=1S/C25H42N2O4Si/c1-17(2)32(18(3)4,19(5)6)31-23-16-21(14-15-22(23)29-11)13-12-20(7)26-27-24(28)30-25(8,9)10/h12-19H,1-11H3,(H,27,28)/b13-12+,26-20+. The van der Waals surface area contributed by atoms with E-state index in [4.69, 9.17) is 13.9 Å². The molecule has 0 aromatic heterocycles. The number of rotatable bonds is 9. The van der Waals surface area contributed by atoms with E-state index in [1.165, 1.54) is 0 Å². The smallest absolute Gasteiger partial charge is 0.428 e. The van der Waals surface area contributed by atoms with Gasteiger partial charge in [-0.3, -0.25) is 0 Å². The fourth-order valence-corrected chi connectivity index (χ4v) is 9.36. The number of carbonyl (C=O) groups excluding carboxylic acids is 1. The summed E-state index contributed by atoms with van der Waals surface area (Å²) in [6.45, 7) is 20.8. The molecule has 0 unspecified atom stereocenters. The van der Waals surface area contributed by atoms with E-state index in [0.717, 1.165) is 17.1 Å². The highest BCUT2D eigenvalue weighted by molar-refractivity contribution is 6.78. The van der Waals surface area contributed by atoms with E-state index >= 15 is 0 Å². The maximum atomic E-state index is 11.8. The maximum absolute atomic E-state index is 11.8. The highest BCUT2D eigenvalue weighted by Gasteiger charge is 2.47. The van der Waals surface area contributed by atoms with Crippen LogP contribution in [-0.4, -0.2) is 32.8 Å². The van der Waals surface area contributed by atoms with E-state index in [-0.39, 0.29) is 0 Å². The molecule has 0 fully saturated rings. The van der Waals surface area contributed by atoms with Gasteiger partial charge in [0.05, 0.1) is 12.8 Å². The quantitative estimate of drug-likeness (QED) is 0.240. The Morgan fingerprint density at radius 3 is 2.06 bits per heavy atom. The molecule has 1 aromatic carbocycles. The lowest BCUT2D eigenvalue weighted by atomic mass is 10.2. The molecule has 0 saturated carbocycles. The van der Waals surface area contributed by atoms with Gasteiger partial charge in [0.1, 0.15) is 11.4 Å². The number of ether oxygens (including phenoxy) is 2. The summed E-state index contributed by atoms with van der Waals surface area (Å²) in [5, 5.41) is 4.06. The fourth-order valence-electron chi connectivity index (χ4n) is 4.11. The first-order valence-corrected chi connectivity index (χ1v) is 13.4. The average Bonchev–Trinajstić information content (AvgIpc) is 2.66. The van der Waals surface area contributed by atoms with E-state index in [2.05, 4.69) is 52.1 Å². The second-order valence-electron chi connectivity index (χ2n) is 10.0. The molecule has 7 heteroatoms. The maximum Gasteiger partial charge on any atom is 0.428 e. The summed E-state index contributed by atoms with van der Waals surface area (Å²) < 4.78 is 17.6. The van der Waals surface area contributed by atoms with Gasteiger partial charge in [-0.25, -0.2) is 10.2 Å². The van der Waals surface area contributed by atoms with Gasteiger partial charge < -0.3 is 13.9 Å². The van der Waals surface area contributed by atoms with Crippen LogP contribution in [-0.2, 0) is 4.74 Å². The molecular formula is C25H42N2O4Si. The molecule has 0 heterocycles. The largest absolute Gasteiger partial charge is 0.540 e. The van der Waals surface area contributed by atoms with Crippen LogP contribution in [0.1, 0.15) is 74.8 Å². The van der Waals surface area contributed by atoms with E-state index in [1.54, 1.807) is 7.11 Å². The number of hydrogen-bond donors (Lipinski definition) is 1. The highest BCUT2D eigenvalue weighted by Crippen LogP contribution is 2.44. The van der Waals surface area contributed by atoms with Gasteiger partial charge in [0.25, 0.3) is 8.32 Å². The van der Waals surface area contributed by atoms with Gasteiger partial charge in [-0.2, -0.15) is 5.10 Å². The summed E-state index contributed by atoms with van der Waals surface area (Å²) in [4.78, 5) is 11.8. The monoisotopic (exact) mass is 462 g/mol. The van der Waals surface area contributed by atoms with Crippen molar-refractivity contribution in [2.45, 2.75) is 91.5 Å². The second-order valence-corrected chi connectivity index (χ2v) is 15.4. The van der Waals surface area contributed by atoms with E-state index in [9.17, 15) is 4.79 Å². The molecule has 0 aliphatic carbocycles. The third-order valence-corrected chi connectivity index (χ3v) is 11.4. The Balaban J connectivity index is 3.13. The van der Waals surface area contributed by atoms with Crippen molar-refractivity contribution >= 4 is 26.2 Å². The molecule has 0 spiro atoms. The van der Waals surface area contributed by atoms with Crippen LogP contribution in [0.25, 0.3) is 6.08 Å². The zero-order valence-corrected chi connectivity index (χ0v) is 22.7. The Hall–Kier alpha value is -2.28. The molecule has 1 rings (SSSR count). The molecule has 0 aliphatic rings. The van der Waals surface area contributed by atoms with Crippen LogP contribution in [0.4, 0.5) is 4.79 Å². The van der Waals surface area contributed by atoms with Gasteiger partial charge in [-0.15, -0.1) is 0 Å². The summed E-state index contributed by atoms with van der Waals surface area (Å²) in [6.07, 6.45) is 3.19. The predicted molar refractivity (Wildman–Crippen MR) is 136 cm³/mol. The van der Waals surface area contributed by atoms with Gasteiger partial charge in [-0.1, -0.05) is 53.7 Å². The van der Waals surface area contributed by atoms with Gasteiger partial charge in [0, 0.05) is 0 Å². The first-order chi connectivity index (χ1) is 14.7. The van der Waals surface area contributed by atoms with Crippen molar-refractivity contribution in [1.29, 1.82) is 0 Å². The molecular weight excluding hydrogens is 420 g/mol. The molecule has 0 radical (unpaired) electrons. The Kier molecular flexibility index (Phi) is 10.0. The van der Waals surface area contributed by atoms with Crippen LogP contribution < -0.4 is 14.6 Å². The number of amides is 1. The molecule has 180 valence electrons. The third-order valence-electron chi connectivity index (χ3n) is 5.42. The van der Waals surface area contributed by atoms with E-state index in [0.29, 0.717) is 22.3 Å². The number of carbonyl (C=O) groups is 1. The first kappa shape index (κ1) is 27.8. The summed E-state index contributed by atoms with van der Waals surface area (Å²) in [5.41, 5.74) is 4.83. The molecule has 0 bridgehead atoms. The number of benzene rings is 1. The Morgan fingerprint density at radius 2 is 1.59 bits per heavy atom. The Labute approximate surface area is 195 Å². The zero-order valence-electron chi connectivity index (χ0n) is 21.7. The summed E-state index contributed by atoms with van der Waals surface area (Å²) in [7, 11) is -0.451. The average molecular weight is 463 g/mol. The molecule has 6 nitrogen and oxygen atoms in total. The van der Waals surface area contributed by atoms with Crippen molar-refractivity contribution in [2.24, 2.45) is 5.10 Å². The molecule has 0 atom stereocenters. The molecule has 32 heavy (non-hydrogen) atoms. The van der Waals surface area contributed by atoms with E-state index < -0.39 is 20.0 Å². The van der Waals surface area contributed by atoms with Crippen molar-refractivity contribution in [2.75, 3.05) is 7.11 Å². The lowest BCUT2D eigenvalue weighted by molar-refractivity contribution is 0.0529. The highest BCUT2D eigenvalue weighted by atomic mass is 28.4. The number of methoxy groups -OCH3 is 1. The van der Waals surface area contributed by atoms with Crippen LogP contribution in [0, 0.1) is 0 Å². The summed E-state index contributed by atoms with van der Waals surface area (Å²) in [6, 6.07) is 5.92. The van der Waals surface area contributed by atoms with Crippen molar-refractivity contribution in [1.82, 2.24) is 5.43 Å². The lowest BCUT2D eigenvalue weighted by Crippen LogP contribution is -2.50. The fraction of sp³-hybridized carbons (Fsp3) is 0.600. The van der Waals surface area contributed by atoms with Crippen LogP contribution in [0.3, 0.4) is 0 Å². The normalized spacial score (nSPS) is 13.2. The molecule has 1 aromatic rings. The Bertz CT molecular complexity index is 802. The minimum absolute atomic E-state index is 0.458. The van der Waals surface area contributed by atoms with Crippen molar-refractivity contribution in [3.05, 3.63) is 29.8 Å². The second kappa shape index (κ2) is 11.5. The van der Waals surface area contributed by atoms with E-state index in [1.807, 2.05) is 58.0 Å². The number of allylic oxidation sites excluding steroid dienone is 1. The number of nitrogens with one attached hydrogen (secondary N) is 1. The number of hydrogen-bond acceptors (Lipinski definition) is 5. The van der Waals surface area contributed by atoms with Crippen LogP contribution in [0.15, 0.2) is 29.4 Å². The van der Waals surface area contributed by atoms with Gasteiger partial charge in [0.2, 0.25) is 0 Å².